The van der Waals surface area contributed by atoms with Crippen LogP contribution in [0.3, 0.4) is 0 Å². The topological polar surface area (TPSA) is 61.4 Å². The number of piperidine rings is 1. The van der Waals surface area contributed by atoms with Crippen molar-refractivity contribution in [2.75, 3.05) is 20.1 Å². The zero-order valence-electron chi connectivity index (χ0n) is 14.9. The van der Waals surface area contributed by atoms with E-state index in [-0.39, 0.29) is 30.1 Å². The molecule has 1 aliphatic rings. The van der Waals surface area contributed by atoms with Gasteiger partial charge in [0.1, 0.15) is 11.9 Å². The lowest BCUT2D eigenvalue weighted by Gasteiger charge is -2.36. The van der Waals surface area contributed by atoms with Gasteiger partial charge in [0.05, 0.1) is 0 Å². The number of halogens is 2. The number of carbonyl (C=O) groups is 2. The molecule has 1 fully saturated rings. The highest BCUT2D eigenvalue weighted by atomic mass is 35.5. The lowest BCUT2D eigenvalue weighted by Crippen LogP contribution is -2.55. The predicted octanol–water partition coefficient (Wildman–Crippen LogP) is 2.21. The molecule has 140 valence electrons. The third-order valence-corrected chi connectivity index (χ3v) is 4.47. The molecule has 0 spiro atoms. The largest absolute Gasteiger partial charge is 0.340 e. The van der Waals surface area contributed by atoms with Gasteiger partial charge in [0.15, 0.2) is 0 Å². The maximum absolute atomic E-state index is 13.0. The monoisotopic (exact) mass is 371 g/mol. The zero-order chi connectivity index (χ0) is 17.7. The van der Waals surface area contributed by atoms with Crippen LogP contribution in [0.15, 0.2) is 24.3 Å². The second kappa shape index (κ2) is 9.73. The van der Waals surface area contributed by atoms with E-state index in [2.05, 4.69) is 10.6 Å². The number of nitrogens with one attached hydrogen (secondary N) is 2. The van der Waals surface area contributed by atoms with E-state index in [1.54, 1.807) is 0 Å². The quantitative estimate of drug-likeness (QED) is 0.834. The highest BCUT2D eigenvalue weighted by molar-refractivity contribution is 5.97. The summed E-state index contributed by atoms with van der Waals surface area (Å²) in [5.41, 5.74) is 0.349. The molecule has 25 heavy (non-hydrogen) atoms. The van der Waals surface area contributed by atoms with E-state index in [1.165, 1.54) is 24.3 Å². The van der Waals surface area contributed by atoms with Crippen molar-refractivity contribution in [1.82, 2.24) is 15.5 Å². The van der Waals surface area contributed by atoms with Gasteiger partial charge in [-0.1, -0.05) is 13.8 Å². The second-order valence-corrected chi connectivity index (χ2v) is 6.61. The number of nitrogens with zero attached hydrogens (tertiary/aromatic N) is 1. The summed E-state index contributed by atoms with van der Waals surface area (Å²) in [6.07, 6.45) is 2.00. The van der Waals surface area contributed by atoms with Gasteiger partial charge in [-0.15, -0.1) is 12.4 Å². The number of likely N-dealkylation sites (tertiary alicyclic amines) is 1. The smallest absolute Gasteiger partial charge is 0.251 e. The molecule has 2 N–H and O–H groups in total. The lowest BCUT2D eigenvalue weighted by molar-refractivity contribution is -0.135. The van der Waals surface area contributed by atoms with E-state index in [0.29, 0.717) is 24.7 Å². The van der Waals surface area contributed by atoms with E-state index in [0.717, 1.165) is 12.8 Å². The molecule has 2 amide bonds. The van der Waals surface area contributed by atoms with E-state index < -0.39 is 11.9 Å². The Morgan fingerprint density at radius 2 is 1.88 bits per heavy atom. The fraction of sp³-hybridized carbons (Fsp3) is 0.556. The Bertz CT molecular complexity index is 580. The molecular weight excluding hydrogens is 345 g/mol. The van der Waals surface area contributed by atoms with Crippen molar-refractivity contribution in [2.45, 2.75) is 38.8 Å². The Balaban J connectivity index is 0.00000312. The molecule has 2 rings (SSSR count). The van der Waals surface area contributed by atoms with Gasteiger partial charge < -0.3 is 15.5 Å². The first kappa shape index (κ1) is 21.4. The van der Waals surface area contributed by atoms with Gasteiger partial charge >= 0.3 is 0 Å². The van der Waals surface area contributed by atoms with Crippen LogP contribution in [0.4, 0.5) is 4.39 Å². The van der Waals surface area contributed by atoms with Crippen molar-refractivity contribution in [1.29, 1.82) is 0 Å². The van der Waals surface area contributed by atoms with Crippen LogP contribution in [0.1, 0.15) is 37.0 Å². The van der Waals surface area contributed by atoms with Crippen LogP contribution in [0.5, 0.6) is 0 Å². The van der Waals surface area contributed by atoms with Crippen LogP contribution in [0, 0.1) is 11.7 Å². The van der Waals surface area contributed by atoms with Crippen LogP contribution in [-0.4, -0.2) is 48.9 Å². The van der Waals surface area contributed by atoms with Crippen molar-refractivity contribution >= 4 is 24.2 Å². The van der Waals surface area contributed by atoms with Gasteiger partial charge in [-0.3, -0.25) is 9.59 Å². The zero-order valence-corrected chi connectivity index (χ0v) is 15.7. The van der Waals surface area contributed by atoms with Crippen molar-refractivity contribution in [3.05, 3.63) is 35.6 Å². The standard InChI is InChI=1S/C18H26FN3O2.ClH/c1-12(2)16(18(24)22-10-4-5-15(11-22)20-3)21-17(23)13-6-8-14(19)9-7-13;/h6-9,12,15-16,20H,4-5,10-11H2,1-3H3,(H,21,23);1H. The molecule has 0 bridgehead atoms. The maximum Gasteiger partial charge on any atom is 0.251 e. The Kier molecular flexibility index (Phi) is 8.32. The summed E-state index contributed by atoms with van der Waals surface area (Å²) >= 11 is 0. The highest BCUT2D eigenvalue weighted by Gasteiger charge is 2.31. The van der Waals surface area contributed by atoms with Crippen LogP contribution >= 0.6 is 12.4 Å². The third-order valence-electron chi connectivity index (χ3n) is 4.47. The summed E-state index contributed by atoms with van der Waals surface area (Å²) in [4.78, 5) is 27.0. The maximum atomic E-state index is 13.0. The van der Waals surface area contributed by atoms with Crippen molar-refractivity contribution in [3.63, 3.8) is 0 Å². The fourth-order valence-corrected chi connectivity index (χ4v) is 2.95. The molecule has 0 radical (unpaired) electrons. The summed E-state index contributed by atoms with van der Waals surface area (Å²) in [5.74, 6) is -0.837. The van der Waals surface area contributed by atoms with Gasteiger partial charge in [0.25, 0.3) is 5.91 Å². The molecular formula is C18H27ClFN3O2. The molecule has 5 nitrogen and oxygen atoms in total. The number of rotatable bonds is 5. The number of likely N-dealkylation sites (N-methyl/N-ethyl adjacent to an activating group) is 1. The summed E-state index contributed by atoms with van der Waals surface area (Å²) < 4.78 is 13.0. The molecule has 1 saturated heterocycles. The fourth-order valence-electron chi connectivity index (χ4n) is 2.95. The second-order valence-electron chi connectivity index (χ2n) is 6.61. The van der Waals surface area contributed by atoms with Crippen LogP contribution in [0.25, 0.3) is 0 Å². The Hall–Kier alpha value is -1.66. The Morgan fingerprint density at radius 3 is 2.44 bits per heavy atom. The first-order valence-corrected chi connectivity index (χ1v) is 8.45. The number of hydrogen-bond acceptors (Lipinski definition) is 3. The van der Waals surface area contributed by atoms with Gasteiger partial charge in [0, 0.05) is 24.7 Å². The third kappa shape index (κ3) is 5.68. The number of hydrogen-bond donors (Lipinski definition) is 2. The van der Waals surface area contributed by atoms with Crippen LogP contribution < -0.4 is 10.6 Å². The van der Waals surface area contributed by atoms with E-state index in [4.69, 9.17) is 0 Å². The predicted molar refractivity (Wildman–Crippen MR) is 98.4 cm³/mol. The van der Waals surface area contributed by atoms with Crippen molar-refractivity contribution < 1.29 is 14.0 Å². The Morgan fingerprint density at radius 1 is 1.24 bits per heavy atom. The molecule has 0 saturated carbocycles. The number of carbonyl (C=O) groups excluding carboxylic acids is 2. The number of benzene rings is 1. The average molecular weight is 372 g/mol. The first-order valence-electron chi connectivity index (χ1n) is 8.45. The minimum Gasteiger partial charge on any atom is -0.340 e. The van der Waals surface area contributed by atoms with Crippen LogP contribution in [-0.2, 0) is 4.79 Å². The van der Waals surface area contributed by atoms with E-state index >= 15 is 0 Å². The summed E-state index contributed by atoms with van der Waals surface area (Å²) in [6, 6.07) is 5.03. The molecule has 0 aromatic heterocycles. The van der Waals surface area contributed by atoms with Crippen molar-refractivity contribution in [2.24, 2.45) is 5.92 Å². The van der Waals surface area contributed by atoms with E-state index in [1.807, 2.05) is 25.8 Å². The summed E-state index contributed by atoms with van der Waals surface area (Å²) in [5, 5.41) is 6.02. The molecule has 1 heterocycles. The van der Waals surface area contributed by atoms with Gasteiger partial charge in [-0.25, -0.2) is 4.39 Å². The Labute approximate surface area is 154 Å². The molecule has 1 aliphatic heterocycles. The minimum atomic E-state index is -0.585. The summed E-state index contributed by atoms with van der Waals surface area (Å²) in [7, 11) is 1.90. The van der Waals surface area contributed by atoms with Gasteiger partial charge in [-0.2, -0.15) is 0 Å². The normalized spacial score (nSPS) is 18.4. The molecule has 7 heteroatoms. The molecule has 2 unspecified atom stereocenters. The first-order chi connectivity index (χ1) is 11.4. The number of amides is 2. The molecule has 2 atom stereocenters. The van der Waals surface area contributed by atoms with Crippen LogP contribution in [0.2, 0.25) is 0 Å². The molecule has 0 aliphatic carbocycles. The molecule has 1 aromatic rings. The van der Waals surface area contributed by atoms with Gasteiger partial charge in [0.2, 0.25) is 5.91 Å². The highest BCUT2D eigenvalue weighted by Crippen LogP contribution is 2.15. The lowest BCUT2D eigenvalue weighted by atomic mass is 9.99. The minimum absolute atomic E-state index is 0. The van der Waals surface area contributed by atoms with E-state index in [9.17, 15) is 14.0 Å². The summed E-state index contributed by atoms with van der Waals surface area (Å²) in [6.45, 7) is 5.19. The van der Waals surface area contributed by atoms with Crippen molar-refractivity contribution in [3.8, 4) is 0 Å². The molecule has 1 aromatic carbocycles. The average Bonchev–Trinajstić information content (AvgIpc) is 2.59. The SMILES string of the molecule is CNC1CCCN(C(=O)C(NC(=O)c2ccc(F)cc2)C(C)C)C1.Cl. The van der Waals surface area contributed by atoms with Gasteiger partial charge in [-0.05, 0) is 50.1 Å².